The summed E-state index contributed by atoms with van der Waals surface area (Å²) in [4.78, 5) is 14.1. The van der Waals surface area contributed by atoms with Crippen molar-refractivity contribution in [2.75, 3.05) is 13.1 Å². The predicted molar refractivity (Wildman–Crippen MR) is 79.1 cm³/mol. The molecule has 21 heavy (non-hydrogen) atoms. The summed E-state index contributed by atoms with van der Waals surface area (Å²) in [6.07, 6.45) is 2.42. The molecule has 1 amide bonds. The molecule has 5 heteroatoms. The molecule has 1 heterocycles. The van der Waals surface area contributed by atoms with Gasteiger partial charge in [0.2, 0.25) is 5.91 Å². The van der Waals surface area contributed by atoms with Gasteiger partial charge in [0.25, 0.3) is 0 Å². The fraction of sp³-hybridized carbons (Fsp3) is 0.562. The SMILES string of the molecule is CC(O)CC1CCCN1CC(=O)NCc1ccccc1F. The molecule has 2 N–H and O–H groups in total. The largest absolute Gasteiger partial charge is 0.393 e. The molecule has 0 saturated carbocycles. The number of rotatable bonds is 6. The van der Waals surface area contributed by atoms with Crippen LogP contribution in [0.2, 0.25) is 0 Å². The summed E-state index contributed by atoms with van der Waals surface area (Å²) in [7, 11) is 0. The van der Waals surface area contributed by atoms with Crippen LogP contribution in [0.1, 0.15) is 31.7 Å². The predicted octanol–water partition coefficient (Wildman–Crippen LogP) is 1.68. The van der Waals surface area contributed by atoms with Crippen LogP contribution in [-0.2, 0) is 11.3 Å². The maximum Gasteiger partial charge on any atom is 0.234 e. The standard InChI is InChI=1S/C16H23FN2O2/c1-12(20)9-14-6-4-8-19(14)11-16(21)18-10-13-5-2-3-7-15(13)17/h2-3,5,7,12,14,20H,4,6,8-11H2,1H3,(H,18,21). The highest BCUT2D eigenvalue weighted by Gasteiger charge is 2.26. The molecule has 116 valence electrons. The van der Waals surface area contributed by atoms with Crippen LogP contribution in [0.15, 0.2) is 24.3 Å². The van der Waals surface area contributed by atoms with Crippen LogP contribution in [0.25, 0.3) is 0 Å². The fourth-order valence-electron chi connectivity index (χ4n) is 2.84. The first-order valence-corrected chi connectivity index (χ1v) is 7.48. The molecule has 2 unspecified atom stereocenters. The molecule has 1 aromatic rings. The van der Waals surface area contributed by atoms with Gasteiger partial charge in [0.1, 0.15) is 5.82 Å². The average Bonchev–Trinajstić information content (AvgIpc) is 2.84. The number of hydrogen-bond acceptors (Lipinski definition) is 3. The Balaban J connectivity index is 1.80. The van der Waals surface area contributed by atoms with Gasteiger partial charge in [-0.3, -0.25) is 9.69 Å². The molecule has 2 rings (SSSR count). The van der Waals surface area contributed by atoms with Crippen molar-refractivity contribution in [3.05, 3.63) is 35.6 Å². The van der Waals surface area contributed by atoms with Crippen LogP contribution in [0.3, 0.4) is 0 Å². The Hall–Kier alpha value is -1.46. The van der Waals surface area contributed by atoms with E-state index in [9.17, 15) is 14.3 Å². The van der Waals surface area contributed by atoms with E-state index in [2.05, 4.69) is 10.2 Å². The smallest absolute Gasteiger partial charge is 0.234 e. The summed E-state index contributed by atoms with van der Waals surface area (Å²) in [5.41, 5.74) is 0.493. The number of benzene rings is 1. The van der Waals surface area contributed by atoms with Gasteiger partial charge in [0.05, 0.1) is 12.6 Å². The third kappa shape index (κ3) is 4.79. The minimum absolute atomic E-state index is 0.101. The number of aliphatic hydroxyl groups excluding tert-OH is 1. The van der Waals surface area contributed by atoms with Crippen molar-refractivity contribution < 1.29 is 14.3 Å². The number of nitrogens with one attached hydrogen (secondary N) is 1. The maximum atomic E-state index is 13.5. The highest BCUT2D eigenvalue weighted by atomic mass is 19.1. The average molecular weight is 294 g/mol. The summed E-state index contributed by atoms with van der Waals surface area (Å²) >= 11 is 0. The lowest BCUT2D eigenvalue weighted by Crippen LogP contribution is -2.40. The first-order valence-electron chi connectivity index (χ1n) is 7.48. The highest BCUT2D eigenvalue weighted by Crippen LogP contribution is 2.20. The molecule has 0 radical (unpaired) electrons. The molecule has 1 aliphatic rings. The zero-order valence-corrected chi connectivity index (χ0v) is 12.4. The summed E-state index contributed by atoms with van der Waals surface area (Å²) in [6, 6.07) is 6.71. The number of carbonyl (C=O) groups is 1. The van der Waals surface area contributed by atoms with E-state index < -0.39 is 0 Å². The van der Waals surface area contributed by atoms with E-state index in [-0.39, 0.29) is 30.4 Å². The fourth-order valence-corrected chi connectivity index (χ4v) is 2.84. The van der Waals surface area contributed by atoms with Crippen molar-refractivity contribution in [2.45, 2.75) is 44.9 Å². The molecule has 2 atom stereocenters. The molecule has 0 aromatic heterocycles. The van der Waals surface area contributed by atoms with E-state index in [1.54, 1.807) is 25.1 Å². The summed E-state index contributed by atoms with van der Waals surface area (Å²) < 4.78 is 13.5. The van der Waals surface area contributed by atoms with E-state index in [0.29, 0.717) is 18.5 Å². The van der Waals surface area contributed by atoms with E-state index >= 15 is 0 Å². The number of aliphatic hydroxyl groups is 1. The van der Waals surface area contributed by atoms with Gasteiger partial charge in [-0.15, -0.1) is 0 Å². The van der Waals surface area contributed by atoms with Gasteiger partial charge in [0, 0.05) is 18.2 Å². The van der Waals surface area contributed by atoms with Crippen molar-refractivity contribution in [2.24, 2.45) is 0 Å². The highest BCUT2D eigenvalue weighted by molar-refractivity contribution is 5.78. The zero-order valence-electron chi connectivity index (χ0n) is 12.4. The third-order valence-corrected chi connectivity index (χ3v) is 3.89. The number of halogens is 1. The molecule has 0 bridgehead atoms. The molecule has 1 saturated heterocycles. The first kappa shape index (κ1) is 15.9. The second-order valence-corrected chi connectivity index (χ2v) is 5.72. The monoisotopic (exact) mass is 294 g/mol. The lowest BCUT2D eigenvalue weighted by atomic mass is 10.1. The van der Waals surface area contributed by atoms with Gasteiger partial charge in [0.15, 0.2) is 0 Å². The zero-order chi connectivity index (χ0) is 15.2. The lowest BCUT2D eigenvalue weighted by Gasteiger charge is -2.24. The van der Waals surface area contributed by atoms with E-state index in [1.165, 1.54) is 6.07 Å². The van der Waals surface area contributed by atoms with E-state index in [1.807, 2.05) is 0 Å². The first-order chi connectivity index (χ1) is 10.1. The minimum Gasteiger partial charge on any atom is -0.393 e. The Morgan fingerprint density at radius 3 is 3.00 bits per heavy atom. The Bertz CT molecular complexity index is 479. The number of likely N-dealkylation sites (tertiary alicyclic amines) is 1. The van der Waals surface area contributed by atoms with Crippen LogP contribution in [0, 0.1) is 5.82 Å². The van der Waals surface area contributed by atoms with Crippen molar-refractivity contribution in [3.63, 3.8) is 0 Å². The van der Waals surface area contributed by atoms with E-state index in [0.717, 1.165) is 19.4 Å². The second-order valence-electron chi connectivity index (χ2n) is 5.72. The Morgan fingerprint density at radius 2 is 2.29 bits per heavy atom. The lowest BCUT2D eigenvalue weighted by molar-refractivity contribution is -0.122. The number of amides is 1. The number of hydrogen-bond donors (Lipinski definition) is 2. The number of carbonyl (C=O) groups excluding carboxylic acids is 1. The second kappa shape index (κ2) is 7.52. The molecular formula is C16H23FN2O2. The molecule has 1 aliphatic heterocycles. The van der Waals surface area contributed by atoms with Gasteiger partial charge in [-0.05, 0) is 38.8 Å². The van der Waals surface area contributed by atoms with E-state index in [4.69, 9.17) is 0 Å². The van der Waals surface area contributed by atoms with Crippen molar-refractivity contribution >= 4 is 5.91 Å². The van der Waals surface area contributed by atoms with Gasteiger partial charge in [-0.2, -0.15) is 0 Å². The molecular weight excluding hydrogens is 271 g/mol. The van der Waals surface area contributed by atoms with Gasteiger partial charge < -0.3 is 10.4 Å². The summed E-state index contributed by atoms with van der Waals surface area (Å²) in [6.45, 7) is 3.17. The van der Waals surface area contributed by atoms with Gasteiger partial charge in [-0.25, -0.2) is 4.39 Å². The topological polar surface area (TPSA) is 52.6 Å². The molecule has 1 fully saturated rings. The van der Waals surface area contributed by atoms with Crippen molar-refractivity contribution in [1.29, 1.82) is 0 Å². The Morgan fingerprint density at radius 1 is 1.52 bits per heavy atom. The quantitative estimate of drug-likeness (QED) is 0.839. The van der Waals surface area contributed by atoms with Gasteiger partial charge >= 0.3 is 0 Å². The molecule has 0 aliphatic carbocycles. The molecule has 0 spiro atoms. The molecule has 4 nitrogen and oxygen atoms in total. The molecule has 1 aromatic carbocycles. The van der Waals surface area contributed by atoms with Crippen LogP contribution in [0.5, 0.6) is 0 Å². The number of nitrogens with zero attached hydrogens (tertiary/aromatic N) is 1. The van der Waals surface area contributed by atoms with Crippen LogP contribution < -0.4 is 5.32 Å². The Labute approximate surface area is 125 Å². The Kier molecular flexibility index (Phi) is 5.70. The van der Waals surface area contributed by atoms with Crippen LogP contribution >= 0.6 is 0 Å². The third-order valence-electron chi connectivity index (χ3n) is 3.89. The maximum absolute atomic E-state index is 13.5. The van der Waals surface area contributed by atoms with Crippen LogP contribution in [-0.4, -0.2) is 41.1 Å². The summed E-state index contributed by atoms with van der Waals surface area (Å²) in [5, 5.41) is 12.2. The summed E-state index contributed by atoms with van der Waals surface area (Å²) in [5.74, 6) is -0.401. The minimum atomic E-state index is -0.350. The van der Waals surface area contributed by atoms with Crippen LogP contribution in [0.4, 0.5) is 4.39 Å². The van der Waals surface area contributed by atoms with Crippen molar-refractivity contribution in [1.82, 2.24) is 10.2 Å². The van der Waals surface area contributed by atoms with Gasteiger partial charge in [-0.1, -0.05) is 18.2 Å². The van der Waals surface area contributed by atoms with Crippen molar-refractivity contribution in [3.8, 4) is 0 Å². The normalized spacial score (nSPS) is 20.4.